The summed E-state index contributed by atoms with van der Waals surface area (Å²) in [7, 11) is 1.33. The van der Waals surface area contributed by atoms with Gasteiger partial charge in [-0.05, 0) is 36.8 Å². The van der Waals surface area contributed by atoms with E-state index in [-0.39, 0.29) is 0 Å². The van der Waals surface area contributed by atoms with E-state index in [0.29, 0.717) is 23.9 Å². The Morgan fingerprint density at radius 2 is 2.08 bits per heavy atom. The molecule has 0 unspecified atom stereocenters. The van der Waals surface area contributed by atoms with Crippen LogP contribution in [0.2, 0.25) is 0 Å². The van der Waals surface area contributed by atoms with E-state index >= 15 is 0 Å². The van der Waals surface area contributed by atoms with Gasteiger partial charge in [-0.3, -0.25) is 5.32 Å². The molecule has 0 saturated carbocycles. The first-order valence-corrected chi connectivity index (χ1v) is 7.50. The number of hydrogen-bond acceptors (Lipinski definition) is 5. The normalized spacial score (nSPS) is 10.6. The van der Waals surface area contributed by atoms with Gasteiger partial charge in [-0.1, -0.05) is 12.1 Å². The molecular weight excluding hydrogens is 308 g/mol. The summed E-state index contributed by atoms with van der Waals surface area (Å²) in [4.78, 5) is 15.6. The molecule has 24 heavy (non-hydrogen) atoms. The van der Waals surface area contributed by atoms with Gasteiger partial charge in [0.1, 0.15) is 17.9 Å². The molecule has 0 atom stereocenters. The second-order valence-electron chi connectivity index (χ2n) is 5.38. The van der Waals surface area contributed by atoms with Crippen LogP contribution in [-0.4, -0.2) is 18.2 Å². The predicted molar refractivity (Wildman–Crippen MR) is 90.3 cm³/mol. The lowest BCUT2D eigenvalue weighted by molar-refractivity contribution is 0.187. The molecule has 0 saturated heterocycles. The standard InChI is InChI=1S/C18H18N2O4/c1-11-9-14(7-8-15(11)20-18(21)22-3)23-10-13-5-4-6-16-17(13)24-12(2)19-16/h4-9H,10H2,1-3H3,(H,20,21). The number of hydrogen-bond donors (Lipinski definition) is 1. The van der Waals surface area contributed by atoms with E-state index in [1.807, 2.05) is 38.1 Å². The second kappa shape index (κ2) is 6.62. The van der Waals surface area contributed by atoms with Crippen LogP contribution in [0.5, 0.6) is 5.75 Å². The van der Waals surface area contributed by atoms with Crippen molar-refractivity contribution >= 4 is 22.9 Å². The van der Waals surface area contributed by atoms with Gasteiger partial charge in [0.05, 0.1) is 7.11 Å². The number of methoxy groups -OCH3 is 1. The lowest BCUT2D eigenvalue weighted by atomic mass is 10.2. The quantitative estimate of drug-likeness (QED) is 0.777. The summed E-state index contributed by atoms with van der Waals surface area (Å²) in [5, 5.41) is 2.65. The molecule has 1 amide bonds. The summed E-state index contributed by atoms with van der Waals surface area (Å²) in [5.74, 6) is 1.34. The lowest BCUT2D eigenvalue weighted by Crippen LogP contribution is -2.11. The van der Waals surface area contributed by atoms with Gasteiger partial charge >= 0.3 is 6.09 Å². The number of carbonyl (C=O) groups excluding carboxylic acids is 1. The number of anilines is 1. The molecule has 6 nitrogen and oxygen atoms in total. The minimum atomic E-state index is -0.501. The van der Waals surface area contributed by atoms with Gasteiger partial charge in [0.15, 0.2) is 11.5 Å². The Bertz CT molecular complexity index is 886. The van der Waals surface area contributed by atoms with Gasteiger partial charge in [-0.25, -0.2) is 9.78 Å². The first-order chi connectivity index (χ1) is 11.6. The molecule has 2 aromatic carbocycles. The third kappa shape index (κ3) is 3.32. The Kier molecular flexibility index (Phi) is 4.37. The van der Waals surface area contributed by atoms with Crippen LogP contribution in [0, 0.1) is 13.8 Å². The largest absolute Gasteiger partial charge is 0.489 e. The smallest absolute Gasteiger partial charge is 0.411 e. The molecule has 0 radical (unpaired) electrons. The average molecular weight is 326 g/mol. The molecule has 0 spiro atoms. The number of oxazole rings is 1. The van der Waals surface area contributed by atoms with Crippen molar-refractivity contribution in [1.82, 2.24) is 4.98 Å². The first kappa shape index (κ1) is 15.9. The van der Waals surface area contributed by atoms with E-state index in [2.05, 4.69) is 15.0 Å². The number of fused-ring (bicyclic) bond motifs is 1. The Balaban J connectivity index is 1.74. The second-order valence-corrected chi connectivity index (χ2v) is 5.38. The van der Waals surface area contributed by atoms with Crippen LogP contribution in [0.3, 0.4) is 0 Å². The van der Waals surface area contributed by atoms with E-state index in [9.17, 15) is 4.79 Å². The van der Waals surface area contributed by atoms with E-state index in [4.69, 9.17) is 9.15 Å². The molecule has 0 fully saturated rings. The maximum atomic E-state index is 11.3. The lowest BCUT2D eigenvalue weighted by Gasteiger charge is -2.11. The average Bonchev–Trinajstić information content (AvgIpc) is 2.95. The van der Waals surface area contributed by atoms with E-state index in [1.165, 1.54) is 7.11 Å². The van der Waals surface area contributed by atoms with Crippen molar-refractivity contribution in [1.29, 1.82) is 0 Å². The Hall–Kier alpha value is -3.02. The zero-order chi connectivity index (χ0) is 17.1. The number of ether oxygens (including phenoxy) is 2. The van der Waals surface area contributed by atoms with Gasteiger partial charge in [0, 0.05) is 18.2 Å². The van der Waals surface area contributed by atoms with Crippen LogP contribution < -0.4 is 10.1 Å². The topological polar surface area (TPSA) is 73.6 Å². The molecule has 0 bridgehead atoms. The molecule has 3 rings (SSSR count). The van der Waals surface area contributed by atoms with Crippen molar-refractivity contribution in [3.05, 3.63) is 53.4 Å². The number of carbonyl (C=O) groups is 1. The summed E-state index contributed by atoms with van der Waals surface area (Å²) < 4.78 is 16.1. The molecule has 124 valence electrons. The number of benzene rings is 2. The van der Waals surface area contributed by atoms with E-state index in [1.54, 1.807) is 12.1 Å². The predicted octanol–water partition coefficient (Wildman–Crippen LogP) is 4.20. The Morgan fingerprint density at radius 3 is 2.83 bits per heavy atom. The number of rotatable bonds is 4. The van der Waals surface area contributed by atoms with E-state index < -0.39 is 6.09 Å². The third-order valence-electron chi connectivity index (χ3n) is 3.62. The van der Waals surface area contributed by atoms with Crippen molar-refractivity contribution in [2.24, 2.45) is 0 Å². The van der Waals surface area contributed by atoms with Crippen molar-refractivity contribution in [3.8, 4) is 5.75 Å². The van der Waals surface area contributed by atoms with Crippen molar-refractivity contribution in [2.45, 2.75) is 20.5 Å². The summed E-state index contributed by atoms with van der Waals surface area (Å²) >= 11 is 0. The number of amides is 1. The van der Waals surface area contributed by atoms with Gasteiger partial charge in [-0.15, -0.1) is 0 Å². The number of aromatic nitrogens is 1. The van der Waals surface area contributed by atoms with Crippen LogP contribution in [0.15, 0.2) is 40.8 Å². The molecule has 1 aromatic heterocycles. The number of nitrogens with zero attached hydrogens (tertiary/aromatic N) is 1. The van der Waals surface area contributed by atoms with Crippen molar-refractivity contribution < 1.29 is 18.7 Å². The maximum absolute atomic E-state index is 11.3. The van der Waals surface area contributed by atoms with E-state index in [0.717, 1.165) is 22.2 Å². The number of para-hydroxylation sites is 1. The fourth-order valence-electron chi connectivity index (χ4n) is 2.42. The molecule has 1 N–H and O–H groups in total. The van der Waals surface area contributed by atoms with Crippen molar-refractivity contribution in [2.75, 3.05) is 12.4 Å². The summed E-state index contributed by atoms with van der Waals surface area (Å²) in [5.41, 5.74) is 4.06. The summed E-state index contributed by atoms with van der Waals surface area (Å²) in [6.07, 6.45) is -0.501. The summed E-state index contributed by atoms with van der Waals surface area (Å²) in [6.45, 7) is 4.08. The molecule has 3 aromatic rings. The van der Waals surface area contributed by atoms with Crippen LogP contribution in [0.25, 0.3) is 11.1 Å². The minimum absolute atomic E-state index is 0.370. The van der Waals surface area contributed by atoms with Gasteiger partial charge < -0.3 is 13.9 Å². The van der Waals surface area contributed by atoms with Gasteiger partial charge in [-0.2, -0.15) is 0 Å². The van der Waals surface area contributed by atoms with Crippen LogP contribution >= 0.6 is 0 Å². The molecular formula is C18H18N2O4. The first-order valence-electron chi connectivity index (χ1n) is 7.50. The fourth-order valence-corrected chi connectivity index (χ4v) is 2.42. The number of nitrogens with one attached hydrogen (secondary N) is 1. The van der Waals surface area contributed by atoms with Crippen LogP contribution in [-0.2, 0) is 11.3 Å². The zero-order valence-electron chi connectivity index (χ0n) is 13.8. The maximum Gasteiger partial charge on any atom is 0.411 e. The highest BCUT2D eigenvalue weighted by Gasteiger charge is 2.09. The van der Waals surface area contributed by atoms with Gasteiger partial charge in [0.2, 0.25) is 0 Å². The summed E-state index contributed by atoms with van der Waals surface area (Å²) in [6, 6.07) is 11.2. The van der Waals surface area contributed by atoms with Gasteiger partial charge in [0.25, 0.3) is 0 Å². The monoisotopic (exact) mass is 326 g/mol. The zero-order valence-corrected chi connectivity index (χ0v) is 13.8. The van der Waals surface area contributed by atoms with Crippen LogP contribution in [0.4, 0.5) is 10.5 Å². The fraction of sp³-hybridized carbons (Fsp3) is 0.222. The molecule has 6 heteroatoms. The molecule has 0 aliphatic heterocycles. The molecule has 0 aliphatic rings. The third-order valence-corrected chi connectivity index (χ3v) is 3.62. The van der Waals surface area contributed by atoms with Crippen molar-refractivity contribution in [3.63, 3.8) is 0 Å². The molecule has 0 aliphatic carbocycles. The minimum Gasteiger partial charge on any atom is -0.489 e. The highest BCUT2D eigenvalue weighted by molar-refractivity contribution is 5.85. The molecule has 1 heterocycles. The number of aryl methyl sites for hydroxylation is 2. The highest BCUT2D eigenvalue weighted by atomic mass is 16.5. The van der Waals surface area contributed by atoms with Crippen LogP contribution in [0.1, 0.15) is 17.0 Å². The Labute approximate surface area is 139 Å². The highest BCUT2D eigenvalue weighted by Crippen LogP contribution is 2.24. The SMILES string of the molecule is COC(=O)Nc1ccc(OCc2cccc3nc(C)oc23)cc1C. The Morgan fingerprint density at radius 1 is 1.25 bits per heavy atom.